The van der Waals surface area contributed by atoms with Gasteiger partial charge >= 0.3 is 5.97 Å². The highest BCUT2D eigenvalue weighted by Crippen LogP contribution is 2.36. The maximum atomic E-state index is 13.3. The van der Waals surface area contributed by atoms with Crippen molar-refractivity contribution < 1.29 is 47.7 Å². The summed E-state index contributed by atoms with van der Waals surface area (Å²) in [6.07, 6.45) is 0.846. The van der Waals surface area contributed by atoms with Crippen LogP contribution in [-0.2, 0) is 28.7 Å². The van der Waals surface area contributed by atoms with E-state index in [9.17, 15) is 33.2 Å². The first kappa shape index (κ1) is 38.9. The van der Waals surface area contributed by atoms with Crippen LogP contribution in [0, 0.1) is 5.92 Å². The van der Waals surface area contributed by atoms with Crippen LogP contribution in [0.15, 0.2) is 12.1 Å². The number of rotatable bonds is 23. The Labute approximate surface area is 268 Å². The van der Waals surface area contributed by atoms with Crippen LogP contribution in [0.2, 0.25) is 10.0 Å². The molecule has 1 rings (SSSR count). The number of hydrogen-bond acceptors (Lipinski definition) is 10. The Hall–Kier alpha value is -3.14. The smallest absolute Gasteiger partial charge is 0.320 e. The SMILES string of the molecule is CCC(CSC[C@@H](NC(=O)CC[C@@H](N)C(=O)O)C(=O)NCOC=O)C(=O)c1ccc(OCC(=O)NCCCC[18F])c(Cl)c1Cl. The van der Waals surface area contributed by atoms with E-state index in [0.717, 1.165) is 0 Å². The number of thioether (sulfide) groups is 1. The van der Waals surface area contributed by atoms with Crippen molar-refractivity contribution in [2.45, 2.75) is 51.1 Å². The molecule has 0 saturated heterocycles. The van der Waals surface area contributed by atoms with Gasteiger partial charge in [0.05, 0.1) is 11.7 Å². The van der Waals surface area contributed by atoms with Crippen LogP contribution in [0.1, 0.15) is 49.4 Å². The van der Waals surface area contributed by atoms with Gasteiger partial charge in [-0.25, -0.2) is 0 Å². The Balaban J connectivity index is 2.83. The molecule has 6 N–H and O–H groups in total. The number of ketones is 1. The number of carboxylic acid groups (broad SMARTS) is 1. The molecule has 1 aromatic rings. The number of hydrogen-bond donors (Lipinski definition) is 5. The summed E-state index contributed by atoms with van der Waals surface area (Å²) < 4.78 is 22.0. The van der Waals surface area contributed by atoms with Gasteiger partial charge < -0.3 is 36.3 Å². The lowest BCUT2D eigenvalue weighted by Gasteiger charge is -2.20. The summed E-state index contributed by atoms with van der Waals surface area (Å²) in [5.41, 5.74) is 5.56. The number of ether oxygens (including phenoxy) is 2. The predicted molar refractivity (Wildman–Crippen MR) is 163 cm³/mol. The number of benzene rings is 1. The normalized spacial score (nSPS) is 12.8. The molecule has 0 aromatic heterocycles. The van der Waals surface area contributed by atoms with E-state index in [1.807, 2.05) is 0 Å². The maximum Gasteiger partial charge on any atom is 0.320 e. The van der Waals surface area contributed by atoms with Crippen molar-refractivity contribution >= 4 is 70.9 Å². The van der Waals surface area contributed by atoms with Gasteiger partial charge in [-0.1, -0.05) is 30.1 Å². The fourth-order valence-electron chi connectivity index (χ4n) is 3.53. The van der Waals surface area contributed by atoms with Crippen molar-refractivity contribution in [1.29, 1.82) is 0 Å². The molecule has 13 nitrogen and oxygen atoms in total. The Bertz CT molecular complexity index is 1150. The Kier molecular flexibility index (Phi) is 19.0. The maximum absolute atomic E-state index is 13.3. The predicted octanol–water partition coefficient (Wildman–Crippen LogP) is 2.10. The number of unbranched alkanes of at least 4 members (excludes halogenated alkanes) is 1. The molecular formula is C27H37Cl2FN4O9S. The van der Waals surface area contributed by atoms with E-state index in [2.05, 4.69) is 20.7 Å². The number of halogens is 3. The van der Waals surface area contributed by atoms with Gasteiger partial charge in [0.1, 0.15) is 22.9 Å². The lowest BCUT2D eigenvalue weighted by Crippen LogP contribution is -2.49. The molecule has 17 heteroatoms. The molecule has 44 heavy (non-hydrogen) atoms. The number of carboxylic acids is 1. The first-order chi connectivity index (χ1) is 21.0. The third kappa shape index (κ3) is 14.1. The number of alkyl halides is 1. The second-order valence-electron chi connectivity index (χ2n) is 9.33. The molecule has 0 radical (unpaired) electrons. The van der Waals surface area contributed by atoms with E-state index in [1.165, 1.54) is 23.9 Å². The first-order valence-corrected chi connectivity index (χ1v) is 15.5. The van der Waals surface area contributed by atoms with Crippen molar-refractivity contribution in [2.24, 2.45) is 11.7 Å². The number of carbonyl (C=O) groups excluding carboxylic acids is 5. The average Bonchev–Trinajstić information content (AvgIpc) is 3.00. The molecule has 0 spiro atoms. The van der Waals surface area contributed by atoms with E-state index >= 15 is 0 Å². The Morgan fingerprint density at radius 3 is 2.45 bits per heavy atom. The second kappa shape index (κ2) is 21.5. The van der Waals surface area contributed by atoms with E-state index < -0.39 is 55.1 Å². The summed E-state index contributed by atoms with van der Waals surface area (Å²) >= 11 is 13.9. The zero-order valence-electron chi connectivity index (χ0n) is 24.1. The molecule has 0 aliphatic heterocycles. The summed E-state index contributed by atoms with van der Waals surface area (Å²) in [6.45, 7) is 0.982. The molecule has 246 valence electrons. The molecule has 0 saturated carbocycles. The largest absolute Gasteiger partial charge is 0.482 e. The van der Waals surface area contributed by atoms with E-state index in [4.69, 9.17) is 38.8 Å². The van der Waals surface area contributed by atoms with Gasteiger partial charge in [-0.05, 0) is 37.8 Å². The highest BCUT2D eigenvalue weighted by Gasteiger charge is 2.26. The fraction of sp³-hybridized carbons (Fsp3) is 0.556. The van der Waals surface area contributed by atoms with Gasteiger partial charge in [0.2, 0.25) is 11.8 Å². The van der Waals surface area contributed by atoms with Crippen molar-refractivity contribution in [2.75, 3.05) is 38.1 Å². The number of amides is 3. The average molecular weight is 683 g/mol. The lowest BCUT2D eigenvalue weighted by molar-refractivity contribution is -0.139. The van der Waals surface area contributed by atoms with Gasteiger partial charge in [0.15, 0.2) is 19.1 Å². The molecule has 1 aromatic carbocycles. The monoisotopic (exact) mass is 681 g/mol. The number of nitrogens with one attached hydrogen (secondary N) is 3. The van der Waals surface area contributed by atoms with Gasteiger partial charge in [-0.2, -0.15) is 11.8 Å². The van der Waals surface area contributed by atoms with E-state index in [-0.39, 0.29) is 64.6 Å². The van der Waals surface area contributed by atoms with E-state index in [1.54, 1.807) is 6.92 Å². The van der Waals surface area contributed by atoms with Crippen LogP contribution >= 0.6 is 35.0 Å². The van der Waals surface area contributed by atoms with E-state index in [0.29, 0.717) is 25.8 Å². The minimum Gasteiger partial charge on any atom is -0.482 e. The van der Waals surface area contributed by atoms with Crippen LogP contribution < -0.4 is 26.4 Å². The summed E-state index contributed by atoms with van der Waals surface area (Å²) in [4.78, 5) is 71.5. The summed E-state index contributed by atoms with van der Waals surface area (Å²) in [7, 11) is 0. The van der Waals surface area contributed by atoms with Crippen molar-refractivity contribution in [3.05, 3.63) is 27.7 Å². The summed E-state index contributed by atoms with van der Waals surface area (Å²) in [5.74, 6) is -3.48. The van der Waals surface area contributed by atoms with Crippen LogP contribution in [0.3, 0.4) is 0 Å². The molecule has 0 heterocycles. The molecule has 0 fully saturated rings. The standard InChI is InChI=1S/C27H37Cl2FN4O9S/c1-2-16(12-44-13-19(26(39)33-14-42-15-35)34-21(36)8-6-18(31)27(40)41)25(38)17-5-7-20(24(29)23(17)28)43-11-22(37)32-10-4-3-9-30/h5,7,15-16,18-19H,2-4,6,8-14,31H2,1H3,(H,32,37)(H,33,39)(H,34,36)(H,40,41)/t16?,18-,19-/m1/s1/i30-1. The molecule has 3 atom stereocenters. The molecule has 0 aliphatic carbocycles. The van der Waals surface area contributed by atoms with Gasteiger partial charge in [-0.15, -0.1) is 0 Å². The van der Waals surface area contributed by atoms with Gasteiger partial charge in [-0.3, -0.25) is 33.2 Å². The van der Waals surface area contributed by atoms with Crippen LogP contribution in [-0.4, -0.2) is 91.2 Å². The minimum absolute atomic E-state index is 0.0323. The van der Waals surface area contributed by atoms with Crippen LogP contribution in [0.25, 0.3) is 0 Å². The third-order valence-corrected chi connectivity index (χ3v) is 8.14. The quantitative estimate of drug-likeness (QED) is 0.0490. The fourth-order valence-corrected chi connectivity index (χ4v) is 5.28. The number of aliphatic carboxylic acids is 1. The number of nitrogens with two attached hydrogens (primary N) is 1. The van der Waals surface area contributed by atoms with Crippen LogP contribution in [0.4, 0.5) is 4.39 Å². The topological polar surface area (TPSA) is 203 Å². The van der Waals surface area contributed by atoms with Crippen molar-refractivity contribution in [3.63, 3.8) is 0 Å². The Morgan fingerprint density at radius 1 is 1.09 bits per heavy atom. The Morgan fingerprint density at radius 2 is 1.82 bits per heavy atom. The third-order valence-electron chi connectivity index (χ3n) is 6.07. The lowest BCUT2D eigenvalue weighted by atomic mass is 9.97. The van der Waals surface area contributed by atoms with Crippen molar-refractivity contribution in [3.8, 4) is 5.75 Å². The van der Waals surface area contributed by atoms with Crippen LogP contribution in [0.5, 0.6) is 5.75 Å². The molecular weight excluding hydrogens is 645 g/mol. The zero-order chi connectivity index (χ0) is 33.1. The van der Waals surface area contributed by atoms with Crippen molar-refractivity contribution in [1.82, 2.24) is 16.0 Å². The molecule has 1 unspecified atom stereocenters. The summed E-state index contributed by atoms with van der Waals surface area (Å²) in [6, 6.07) is 0.519. The minimum atomic E-state index is -1.27. The zero-order valence-corrected chi connectivity index (χ0v) is 26.4. The van der Waals surface area contributed by atoms with Gasteiger partial charge in [0, 0.05) is 36.0 Å². The summed E-state index contributed by atoms with van der Waals surface area (Å²) in [5, 5.41) is 16.2. The first-order valence-electron chi connectivity index (χ1n) is 13.6. The number of carbonyl (C=O) groups is 6. The van der Waals surface area contributed by atoms with Gasteiger partial charge in [0.25, 0.3) is 12.4 Å². The highest BCUT2D eigenvalue weighted by atomic mass is 35.5. The molecule has 3 amide bonds. The molecule has 0 bridgehead atoms. The highest BCUT2D eigenvalue weighted by molar-refractivity contribution is 7.99. The number of Topliss-reactive ketones (excluding diaryl/α,β-unsaturated/α-hetero) is 1. The molecule has 0 aliphatic rings. The second-order valence-corrected chi connectivity index (χ2v) is 11.2.